The smallest absolute Gasteiger partial charge is 0.288 e. The fourth-order valence-corrected chi connectivity index (χ4v) is 3.16. The van der Waals surface area contributed by atoms with E-state index in [-0.39, 0.29) is 17.7 Å². The van der Waals surface area contributed by atoms with Gasteiger partial charge in [0.25, 0.3) is 11.7 Å². The number of alkyl halides is 2. The molecule has 0 radical (unpaired) electrons. The fourth-order valence-electron chi connectivity index (χ4n) is 2.66. The van der Waals surface area contributed by atoms with E-state index >= 15 is 0 Å². The van der Waals surface area contributed by atoms with E-state index in [1.165, 1.54) is 12.1 Å². The molecule has 0 aromatic heterocycles. The van der Waals surface area contributed by atoms with Gasteiger partial charge < -0.3 is 9.80 Å². The summed E-state index contributed by atoms with van der Waals surface area (Å²) >= 11 is 0.460. The van der Waals surface area contributed by atoms with Crippen LogP contribution in [0.2, 0.25) is 0 Å². The molecule has 0 atom stereocenters. The molecule has 1 aliphatic rings. The van der Waals surface area contributed by atoms with E-state index < -0.39 is 5.76 Å². The molecule has 0 saturated carbocycles. The van der Waals surface area contributed by atoms with Gasteiger partial charge in [0, 0.05) is 43.6 Å². The summed E-state index contributed by atoms with van der Waals surface area (Å²) in [6.45, 7) is 1.08. The van der Waals surface area contributed by atoms with Gasteiger partial charge in [0.15, 0.2) is 0 Å². The largest absolute Gasteiger partial charge is 0.349 e. The predicted octanol–water partition coefficient (Wildman–Crippen LogP) is 2.94. The predicted molar refractivity (Wildman–Crippen MR) is 85.6 cm³/mol. The van der Waals surface area contributed by atoms with Crippen molar-refractivity contribution in [3.63, 3.8) is 0 Å². The Morgan fingerprint density at radius 1 is 1.17 bits per heavy atom. The highest BCUT2D eigenvalue weighted by atomic mass is 32.2. The standard InChI is InChI=1S/C16H20F2N2O2S/c1-19(2)14(21)12-7-9-20(10-8-12)15(22)11-3-5-13(6-4-11)23-16(17)18/h3-6,12,16H,7-10H2,1-2H3. The van der Waals surface area contributed by atoms with Crippen molar-refractivity contribution >= 4 is 23.6 Å². The zero-order chi connectivity index (χ0) is 17.0. The first-order chi connectivity index (χ1) is 10.9. The Hall–Kier alpha value is -1.63. The molecule has 1 saturated heterocycles. The zero-order valence-electron chi connectivity index (χ0n) is 13.2. The minimum absolute atomic E-state index is 0.0288. The fraction of sp³-hybridized carbons (Fsp3) is 0.500. The Labute approximate surface area is 138 Å². The summed E-state index contributed by atoms with van der Waals surface area (Å²) < 4.78 is 24.6. The lowest BCUT2D eigenvalue weighted by Crippen LogP contribution is -2.42. The van der Waals surface area contributed by atoms with Gasteiger partial charge in [-0.1, -0.05) is 11.8 Å². The van der Waals surface area contributed by atoms with E-state index in [4.69, 9.17) is 0 Å². The van der Waals surface area contributed by atoms with Gasteiger partial charge in [0.2, 0.25) is 5.91 Å². The number of rotatable bonds is 4. The van der Waals surface area contributed by atoms with Gasteiger partial charge >= 0.3 is 0 Å². The molecule has 2 rings (SSSR count). The molecule has 126 valence electrons. The highest BCUT2D eigenvalue weighted by molar-refractivity contribution is 7.99. The highest BCUT2D eigenvalue weighted by Crippen LogP contribution is 2.26. The van der Waals surface area contributed by atoms with Crippen LogP contribution in [0.15, 0.2) is 29.2 Å². The average molecular weight is 342 g/mol. The molecule has 4 nitrogen and oxygen atoms in total. The second kappa shape index (κ2) is 7.77. The summed E-state index contributed by atoms with van der Waals surface area (Å²) in [5.74, 6) is -2.51. The van der Waals surface area contributed by atoms with Crippen molar-refractivity contribution < 1.29 is 18.4 Å². The van der Waals surface area contributed by atoms with Crippen molar-refractivity contribution in [3.05, 3.63) is 29.8 Å². The van der Waals surface area contributed by atoms with Gasteiger partial charge in [-0.15, -0.1) is 0 Å². The van der Waals surface area contributed by atoms with Gasteiger partial charge in [-0.25, -0.2) is 0 Å². The number of hydrogen-bond acceptors (Lipinski definition) is 3. The van der Waals surface area contributed by atoms with Gasteiger partial charge in [-0.05, 0) is 37.1 Å². The minimum atomic E-state index is -2.47. The van der Waals surface area contributed by atoms with Gasteiger partial charge in [-0.3, -0.25) is 9.59 Å². The highest BCUT2D eigenvalue weighted by Gasteiger charge is 2.28. The van der Waals surface area contributed by atoms with Crippen LogP contribution in [-0.4, -0.2) is 54.6 Å². The third kappa shape index (κ3) is 4.67. The van der Waals surface area contributed by atoms with Crippen LogP contribution in [0.1, 0.15) is 23.2 Å². The molecule has 0 unspecified atom stereocenters. The molecule has 0 N–H and O–H groups in total. The Kier molecular flexibility index (Phi) is 5.98. The van der Waals surface area contributed by atoms with Crippen LogP contribution in [0.25, 0.3) is 0 Å². The van der Waals surface area contributed by atoms with Crippen molar-refractivity contribution in [2.75, 3.05) is 27.2 Å². The Morgan fingerprint density at radius 2 is 1.74 bits per heavy atom. The van der Waals surface area contributed by atoms with Crippen molar-refractivity contribution in [2.45, 2.75) is 23.5 Å². The van der Waals surface area contributed by atoms with Crippen molar-refractivity contribution in [1.82, 2.24) is 9.80 Å². The molecule has 2 amide bonds. The SMILES string of the molecule is CN(C)C(=O)C1CCN(C(=O)c2ccc(SC(F)F)cc2)CC1. The number of likely N-dealkylation sites (tertiary alicyclic amines) is 1. The van der Waals surface area contributed by atoms with Crippen LogP contribution >= 0.6 is 11.8 Å². The maximum absolute atomic E-state index is 12.4. The molecule has 0 bridgehead atoms. The lowest BCUT2D eigenvalue weighted by atomic mass is 9.95. The minimum Gasteiger partial charge on any atom is -0.349 e. The van der Waals surface area contributed by atoms with Crippen LogP contribution in [0.3, 0.4) is 0 Å². The lowest BCUT2D eigenvalue weighted by molar-refractivity contribution is -0.134. The van der Waals surface area contributed by atoms with Crippen molar-refractivity contribution in [3.8, 4) is 0 Å². The zero-order valence-corrected chi connectivity index (χ0v) is 14.0. The normalized spacial score (nSPS) is 15.8. The Balaban J connectivity index is 1.93. The number of piperidine rings is 1. The van der Waals surface area contributed by atoms with Crippen LogP contribution in [-0.2, 0) is 4.79 Å². The number of hydrogen-bond donors (Lipinski definition) is 0. The second-order valence-corrected chi connectivity index (χ2v) is 6.77. The average Bonchev–Trinajstić information content (AvgIpc) is 2.53. The van der Waals surface area contributed by atoms with Gasteiger partial charge in [0.1, 0.15) is 0 Å². The van der Waals surface area contributed by atoms with E-state index in [2.05, 4.69) is 0 Å². The van der Waals surface area contributed by atoms with Crippen LogP contribution in [0.5, 0.6) is 0 Å². The molecule has 7 heteroatoms. The first-order valence-corrected chi connectivity index (χ1v) is 8.31. The van der Waals surface area contributed by atoms with E-state index in [9.17, 15) is 18.4 Å². The molecule has 23 heavy (non-hydrogen) atoms. The van der Waals surface area contributed by atoms with E-state index in [1.54, 1.807) is 36.0 Å². The van der Waals surface area contributed by atoms with Crippen LogP contribution in [0.4, 0.5) is 8.78 Å². The lowest BCUT2D eigenvalue weighted by Gasteiger charge is -2.32. The van der Waals surface area contributed by atoms with Crippen LogP contribution in [0, 0.1) is 5.92 Å². The second-order valence-electron chi connectivity index (χ2n) is 5.70. The summed E-state index contributed by atoms with van der Waals surface area (Å²) in [7, 11) is 3.47. The molecular weight excluding hydrogens is 322 g/mol. The van der Waals surface area contributed by atoms with E-state index in [1.807, 2.05) is 0 Å². The first kappa shape index (κ1) is 17.7. The molecule has 1 aliphatic heterocycles. The molecule has 0 spiro atoms. The summed E-state index contributed by atoms with van der Waals surface area (Å²) in [6, 6.07) is 6.22. The maximum Gasteiger partial charge on any atom is 0.288 e. The first-order valence-electron chi connectivity index (χ1n) is 7.44. The summed E-state index contributed by atoms with van der Waals surface area (Å²) in [4.78, 5) is 28.1. The number of nitrogens with zero attached hydrogens (tertiary/aromatic N) is 2. The molecular formula is C16H20F2N2O2S. The maximum atomic E-state index is 12.4. The number of amides is 2. The molecule has 1 fully saturated rings. The monoisotopic (exact) mass is 342 g/mol. The summed E-state index contributed by atoms with van der Waals surface area (Å²) in [5.41, 5.74) is 0.487. The molecule has 1 aromatic carbocycles. The topological polar surface area (TPSA) is 40.6 Å². The number of benzene rings is 1. The van der Waals surface area contributed by atoms with Crippen LogP contribution < -0.4 is 0 Å². The van der Waals surface area contributed by atoms with E-state index in [0.717, 1.165) is 0 Å². The third-order valence-corrected chi connectivity index (χ3v) is 4.62. The van der Waals surface area contributed by atoms with Gasteiger partial charge in [0.05, 0.1) is 0 Å². The number of thioether (sulfide) groups is 1. The number of carbonyl (C=O) groups excluding carboxylic acids is 2. The summed E-state index contributed by atoms with van der Waals surface area (Å²) in [6.07, 6.45) is 1.31. The third-order valence-electron chi connectivity index (χ3n) is 3.90. The summed E-state index contributed by atoms with van der Waals surface area (Å²) in [5, 5.41) is 0. The molecule has 1 heterocycles. The Morgan fingerprint density at radius 3 is 2.22 bits per heavy atom. The molecule has 0 aliphatic carbocycles. The number of carbonyl (C=O) groups is 2. The van der Waals surface area contributed by atoms with E-state index in [0.29, 0.717) is 48.2 Å². The Bertz CT molecular complexity index is 556. The van der Waals surface area contributed by atoms with Gasteiger partial charge in [-0.2, -0.15) is 8.78 Å². The van der Waals surface area contributed by atoms with Crippen molar-refractivity contribution in [1.29, 1.82) is 0 Å². The number of halogens is 2. The molecule has 1 aromatic rings. The quantitative estimate of drug-likeness (QED) is 0.790. The van der Waals surface area contributed by atoms with Crippen molar-refractivity contribution in [2.24, 2.45) is 5.92 Å².